The number of phenols is 1. The van der Waals surface area contributed by atoms with Gasteiger partial charge in [0, 0.05) is 17.1 Å². The van der Waals surface area contributed by atoms with Gasteiger partial charge in [0.15, 0.2) is 0 Å². The fourth-order valence-electron chi connectivity index (χ4n) is 2.28. The first-order valence-corrected chi connectivity index (χ1v) is 9.17. The molecule has 1 aliphatic rings. The number of phenolic OH excluding ortho intramolecular Hbond substituents is 1. The van der Waals surface area contributed by atoms with E-state index in [-0.39, 0.29) is 11.7 Å². The summed E-state index contributed by atoms with van der Waals surface area (Å²) in [5, 5.41) is 12.6. The van der Waals surface area contributed by atoms with Gasteiger partial charge in [-0.1, -0.05) is 18.2 Å². The molecule has 0 aliphatic carbocycles. The van der Waals surface area contributed by atoms with E-state index in [9.17, 15) is 9.90 Å². The van der Waals surface area contributed by atoms with E-state index in [1.807, 2.05) is 60.8 Å². The zero-order valence-electron chi connectivity index (χ0n) is 12.2. The Labute approximate surface area is 138 Å². The molecule has 1 heterocycles. The third kappa shape index (κ3) is 3.42. The van der Waals surface area contributed by atoms with Crippen LogP contribution < -0.4 is 5.32 Å². The van der Waals surface area contributed by atoms with Crippen molar-refractivity contribution in [1.82, 2.24) is 0 Å². The largest absolute Gasteiger partial charge is 0.506 e. The monoisotopic (exact) mass is 331 g/mol. The van der Waals surface area contributed by atoms with Gasteiger partial charge in [0.2, 0.25) is 0 Å². The number of amides is 1. The number of rotatable bonds is 3. The van der Waals surface area contributed by atoms with Gasteiger partial charge in [0.05, 0.1) is 10.3 Å². The number of aromatic hydroxyl groups is 1. The lowest BCUT2D eigenvalue weighted by atomic mass is 10.1. The standard InChI is InChI=1S/C17H17NO2S2/c1-11-2-7-14(15(19)10-11)18-16(20)12-3-5-13(6-4-12)17-21-8-9-22-17/h2-7,10,17,19H,8-9H2,1H3,(H,18,20). The van der Waals surface area contributed by atoms with E-state index in [1.165, 1.54) is 17.1 Å². The zero-order valence-corrected chi connectivity index (χ0v) is 13.8. The minimum atomic E-state index is -0.211. The summed E-state index contributed by atoms with van der Waals surface area (Å²) in [4.78, 5) is 12.3. The molecular formula is C17H17NO2S2. The molecule has 3 rings (SSSR count). The van der Waals surface area contributed by atoms with Gasteiger partial charge in [-0.15, -0.1) is 23.5 Å². The topological polar surface area (TPSA) is 49.3 Å². The highest BCUT2D eigenvalue weighted by atomic mass is 32.2. The highest BCUT2D eigenvalue weighted by molar-refractivity contribution is 8.19. The van der Waals surface area contributed by atoms with Gasteiger partial charge in [-0.3, -0.25) is 4.79 Å². The van der Waals surface area contributed by atoms with Crippen LogP contribution in [0.15, 0.2) is 42.5 Å². The maximum atomic E-state index is 12.3. The lowest BCUT2D eigenvalue weighted by molar-refractivity contribution is 0.102. The van der Waals surface area contributed by atoms with Crippen LogP contribution in [0.4, 0.5) is 5.69 Å². The molecule has 22 heavy (non-hydrogen) atoms. The summed E-state index contributed by atoms with van der Waals surface area (Å²) in [5.74, 6) is 2.25. The van der Waals surface area contributed by atoms with Crippen LogP contribution in [-0.2, 0) is 0 Å². The molecule has 0 unspecified atom stereocenters. The molecule has 1 fully saturated rings. The molecule has 3 nitrogen and oxygen atoms in total. The molecule has 114 valence electrons. The highest BCUT2D eigenvalue weighted by Gasteiger charge is 2.18. The maximum absolute atomic E-state index is 12.3. The molecular weight excluding hydrogens is 314 g/mol. The third-order valence-corrected chi connectivity index (χ3v) is 6.57. The minimum Gasteiger partial charge on any atom is -0.506 e. The molecule has 2 N–H and O–H groups in total. The number of nitrogens with one attached hydrogen (secondary N) is 1. The summed E-state index contributed by atoms with van der Waals surface area (Å²) >= 11 is 3.89. The summed E-state index contributed by atoms with van der Waals surface area (Å²) in [6, 6.07) is 12.9. The average molecular weight is 331 g/mol. The van der Waals surface area contributed by atoms with Crippen LogP contribution in [0.3, 0.4) is 0 Å². The summed E-state index contributed by atoms with van der Waals surface area (Å²) in [6.45, 7) is 1.89. The lowest BCUT2D eigenvalue weighted by Crippen LogP contribution is -2.12. The normalized spacial score (nSPS) is 15.0. The molecule has 0 aromatic heterocycles. The predicted molar refractivity (Wildman–Crippen MR) is 94.9 cm³/mol. The third-order valence-electron chi connectivity index (χ3n) is 3.47. The van der Waals surface area contributed by atoms with E-state index < -0.39 is 0 Å². The van der Waals surface area contributed by atoms with E-state index in [4.69, 9.17) is 0 Å². The van der Waals surface area contributed by atoms with Gasteiger partial charge in [-0.05, 0) is 42.3 Å². The van der Waals surface area contributed by atoms with Gasteiger partial charge in [0.25, 0.3) is 5.91 Å². The Morgan fingerprint density at radius 1 is 1.14 bits per heavy atom. The lowest BCUT2D eigenvalue weighted by Gasteiger charge is -2.10. The number of carbonyl (C=O) groups is 1. The van der Waals surface area contributed by atoms with Crippen LogP contribution in [0.5, 0.6) is 5.75 Å². The second kappa shape index (κ2) is 6.67. The van der Waals surface area contributed by atoms with Crippen LogP contribution in [0.25, 0.3) is 0 Å². The van der Waals surface area contributed by atoms with Crippen molar-refractivity contribution >= 4 is 35.1 Å². The highest BCUT2D eigenvalue weighted by Crippen LogP contribution is 2.45. The molecule has 5 heteroatoms. The Balaban J connectivity index is 1.71. The Kier molecular flexibility index (Phi) is 4.64. The summed E-state index contributed by atoms with van der Waals surface area (Å²) in [6.07, 6.45) is 0. The van der Waals surface area contributed by atoms with E-state index in [2.05, 4.69) is 5.32 Å². The summed E-state index contributed by atoms with van der Waals surface area (Å²) in [7, 11) is 0. The van der Waals surface area contributed by atoms with Crippen molar-refractivity contribution in [1.29, 1.82) is 0 Å². The molecule has 2 aromatic rings. The quantitative estimate of drug-likeness (QED) is 0.817. The Hall–Kier alpha value is -1.59. The Morgan fingerprint density at radius 3 is 2.45 bits per heavy atom. The zero-order chi connectivity index (χ0) is 15.5. The van der Waals surface area contributed by atoms with Crippen molar-refractivity contribution in [2.24, 2.45) is 0 Å². The van der Waals surface area contributed by atoms with Crippen LogP contribution in [0.2, 0.25) is 0 Å². The van der Waals surface area contributed by atoms with E-state index in [1.54, 1.807) is 12.1 Å². The fraction of sp³-hybridized carbons (Fsp3) is 0.235. The van der Waals surface area contributed by atoms with Crippen molar-refractivity contribution in [2.45, 2.75) is 11.5 Å². The number of hydrogen-bond acceptors (Lipinski definition) is 4. The smallest absolute Gasteiger partial charge is 0.255 e. The van der Waals surface area contributed by atoms with Crippen molar-refractivity contribution in [2.75, 3.05) is 16.8 Å². The van der Waals surface area contributed by atoms with Crippen LogP contribution in [0.1, 0.15) is 26.1 Å². The molecule has 1 amide bonds. The average Bonchev–Trinajstić information content (AvgIpc) is 3.04. The molecule has 2 aromatic carbocycles. The van der Waals surface area contributed by atoms with E-state index in [0.29, 0.717) is 15.8 Å². The van der Waals surface area contributed by atoms with Crippen molar-refractivity contribution in [3.8, 4) is 5.75 Å². The minimum absolute atomic E-state index is 0.0868. The summed E-state index contributed by atoms with van der Waals surface area (Å²) < 4.78 is 0.484. The first-order valence-electron chi connectivity index (χ1n) is 7.07. The molecule has 0 spiro atoms. The van der Waals surface area contributed by atoms with Gasteiger partial charge in [-0.25, -0.2) is 0 Å². The van der Waals surface area contributed by atoms with Gasteiger partial charge >= 0.3 is 0 Å². The van der Waals surface area contributed by atoms with Crippen LogP contribution in [-0.4, -0.2) is 22.5 Å². The Bertz CT molecular complexity index is 680. The van der Waals surface area contributed by atoms with Crippen molar-refractivity contribution in [3.05, 3.63) is 59.2 Å². The molecule has 1 saturated heterocycles. The number of anilines is 1. The number of aryl methyl sites for hydroxylation is 1. The fourth-order valence-corrected chi connectivity index (χ4v) is 5.14. The van der Waals surface area contributed by atoms with Crippen molar-refractivity contribution < 1.29 is 9.90 Å². The van der Waals surface area contributed by atoms with Crippen LogP contribution >= 0.6 is 23.5 Å². The predicted octanol–water partition coefficient (Wildman–Crippen LogP) is 4.43. The first-order chi connectivity index (χ1) is 10.6. The van der Waals surface area contributed by atoms with E-state index >= 15 is 0 Å². The SMILES string of the molecule is Cc1ccc(NC(=O)c2ccc(C3SCCS3)cc2)c(O)c1. The number of thioether (sulfide) groups is 2. The second-order valence-electron chi connectivity index (χ2n) is 5.17. The number of carbonyl (C=O) groups excluding carboxylic acids is 1. The molecule has 0 atom stereocenters. The van der Waals surface area contributed by atoms with Crippen molar-refractivity contribution in [3.63, 3.8) is 0 Å². The number of benzene rings is 2. The Morgan fingerprint density at radius 2 is 1.82 bits per heavy atom. The van der Waals surface area contributed by atoms with Crippen LogP contribution in [0, 0.1) is 6.92 Å². The molecule has 1 aliphatic heterocycles. The number of hydrogen-bond donors (Lipinski definition) is 2. The summed E-state index contributed by atoms with van der Waals surface area (Å²) in [5.41, 5.74) is 3.23. The molecule has 0 saturated carbocycles. The van der Waals surface area contributed by atoms with Gasteiger partial charge < -0.3 is 10.4 Å². The molecule has 0 bridgehead atoms. The van der Waals surface area contributed by atoms with Gasteiger partial charge in [0.1, 0.15) is 5.75 Å². The molecule has 0 radical (unpaired) electrons. The maximum Gasteiger partial charge on any atom is 0.255 e. The van der Waals surface area contributed by atoms with E-state index in [0.717, 1.165) is 5.56 Å². The first kappa shape index (κ1) is 15.3. The van der Waals surface area contributed by atoms with Gasteiger partial charge in [-0.2, -0.15) is 0 Å². The second-order valence-corrected chi connectivity index (χ2v) is 7.89.